The summed E-state index contributed by atoms with van der Waals surface area (Å²) in [4.78, 5) is 25.7. The topological polar surface area (TPSA) is 84.9 Å². The SMILES string of the molecule is CCOC(=O)N1CCC(Oc2ncnc3c2CCN3c2ccc(S(C)=O)cc2)CC1C. The minimum absolute atomic E-state index is 0.00690. The maximum Gasteiger partial charge on any atom is 0.409 e. The van der Waals surface area contributed by atoms with Gasteiger partial charge in [0.15, 0.2) is 0 Å². The van der Waals surface area contributed by atoms with Crippen LogP contribution in [0.4, 0.5) is 16.3 Å². The Morgan fingerprint density at radius 2 is 2.00 bits per heavy atom. The van der Waals surface area contributed by atoms with Crippen LogP contribution in [-0.4, -0.2) is 63.3 Å². The smallest absolute Gasteiger partial charge is 0.409 e. The molecule has 0 aliphatic carbocycles. The fraction of sp³-hybridized carbons (Fsp3) is 0.500. The highest BCUT2D eigenvalue weighted by Gasteiger charge is 2.33. The molecule has 0 saturated carbocycles. The number of carbonyl (C=O) groups excluding carboxylic acids is 1. The third kappa shape index (κ3) is 4.51. The first kappa shape index (κ1) is 21.5. The second kappa shape index (κ2) is 9.21. The Morgan fingerprint density at radius 3 is 2.68 bits per heavy atom. The van der Waals surface area contributed by atoms with E-state index in [-0.39, 0.29) is 18.2 Å². The Kier molecular flexibility index (Phi) is 6.41. The van der Waals surface area contributed by atoms with Gasteiger partial charge in [0.1, 0.15) is 18.2 Å². The second-order valence-corrected chi connectivity index (χ2v) is 9.22. The van der Waals surface area contributed by atoms with Crippen LogP contribution in [-0.2, 0) is 22.0 Å². The van der Waals surface area contributed by atoms with Gasteiger partial charge >= 0.3 is 6.09 Å². The summed E-state index contributed by atoms with van der Waals surface area (Å²) in [6.45, 7) is 5.61. The standard InChI is InChI=1S/C22H28N4O4S/c1-4-29-22(27)25-11-9-17(13-15(25)2)30-21-19-10-12-26(20(19)23-14-24-21)16-5-7-18(8-6-16)31(3)28/h5-8,14-15,17H,4,9-13H2,1-3H3. The lowest BCUT2D eigenvalue weighted by Crippen LogP contribution is -2.47. The predicted molar refractivity (Wildman–Crippen MR) is 118 cm³/mol. The van der Waals surface area contributed by atoms with E-state index in [2.05, 4.69) is 14.9 Å². The Labute approximate surface area is 185 Å². The Balaban J connectivity index is 1.46. The fourth-order valence-corrected chi connectivity index (χ4v) is 4.73. The van der Waals surface area contributed by atoms with Crippen molar-refractivity contribution in [1.82, 2.24) is 14.9 Å². The first-order valence-corrected chi connectivity index (χ1v) is 12.2. The summed E-state index contributed by atoms with van der Waals surface area (Å²) < 4.78 is 23.1. The van der Waals surface area contributed by atoms with E-state index in [4.69, 9.17) is 9.47 Å². The van der Waals surface area contributed by atoms with E-state index in [1.54, 1.807) is 17.5 Å². The van der Waals surface area contributed by atoms with E-state index in [1.165, 1.54) is 0 Å². The quantitative estimate of drug-likeness (QED) is 0.699. The van der Waals surface area contributed by atoms with E-state index in [0.717, 1.165) is 47.8 Å². The highest BCUT2D eigenvalue weighted by Crippen LogP contribution is 2.37. The lowest BCUT2D eigenvalue weighted by molar-refractivity contribution is 0.0433. The van der Waals surface area contributed by atoms with E-state index < -0.39 is 10.8 Å². The molecule has 3 unspecified atom stereocenters. The summed E-state index contributed by atoms with van der Waals surface area (Å²) in [6, 6.07) is 7.77. The monoisotopic (exact) mass is 444 g/mol. The van der Waals surface area contributed by atoms with Gasteiger partial charge in [-0.1, -0.05) is 0 Å². The van der Waals surface area contributed by atoms with E-state index in [0.29, 0.717) is 19.0 Å². The molecule has 2 aliphatic heterocycles. The number of hydrogen-bond donors (Lipinski definition) is 0. The number of nitrogens with zero attached hydrogens (tertiary/aromatic N) is 4. The van der Waals surface area contributed by atoms with Crippen molar-refractivity contribution in [3.8, 4) is 5.88 Å². The molecule has 0 bridgehead atoms. The number of hydrogen-bond acceptors (Lipinski definition) is 7. The van der Waals surface area contributed by atoms with Gasteiger partial charge in [0, 0.05) is 59.6 Å². The first-order chi connectivity index (χ1) is 15.0. The number of benzene rings is 1. The number of ether oxygens (including phenoxy) is 2. The van der Waals surface area contributed by atoms with Crippen molar-refractivity contribution in [2.45, 2.75) is 50.2 Å². The lowest BCUT2D eigenvalue weighted by atomic mass is 10.0. The maximum atomic E-state index is 12.1. The number of carbonyl (C=O) groups is 1. The molecule has 1 saturated heterocycles. The third-order valence-corrected chi connectivity index (χ3v) is 6.75. The van der Waals surface area contributed by atoms with Gasteiger partial charge in [0.25, 0.3) is 0 Å². The van der Waals surface area contributed by atoms with Gasteiger partial charge in [0.2, 0.25) is 5.88 Å². The lowest BCUT2D eigenvalue weighted by Gasteiger charge is -2.36. The molecule has 1 aromatic heterocycles. The zero-order valence-electron chi connectivity index (χ0n) is 18.1. The first-order valence-electron chi connectivity index (χ1n) is 10.6. The number of amides is 1. The van der Waals surface area contributed by atoms with Crippen LogP contribution in [0.15, 0.2) is 35.5 Å². The molecule has 1 aromatic carbocycles. The van der Waals surface area contributed by atoms with Crippen LogP contribution >= 0.6 is 0 Å². The van der Waals surface area contributed by atoms with Crippen LogP contribution in [0.5, 0.6) is 5.88 Å². The number of anilines is 2. The van der Waals surface area contributed by atoms with Crippen molar-refractivity contribution < 1.29 is 18.5 Å². The van der Waals surface area contributed by atoms with Crippen LogP contribution in [0.1, 0.15) is 32.3 Å². The summed E-state index contributed by atoms with van der Waals surface area (Å²) in [7, 11) is -0.998. The minimum atomic E-state index is -0.998. The van der Waals surface area contributed by atoms with Gasteiger partial charge in [-0.05, 0) is 44.5 Å². The van der Waals surface area contributed by atoms with Crippen molar-refractivity contribution in [3.63, 3.8) is 0 Å². The Bertz CT molecular complexity index is 968. The van der Waals surface area contributed by atoms with Crippen molar-refractivity contribution >= 4 is 28.4 Å². The van der Waals surface area contributed by atoms with Crippen LogP contribution in [0.25, 0.3) is 0 Å². The molecule has 0 radical (unpaired) electrons. The van der Waals surface area contributed by atoms with Gasteiger partial charge in [-0.2, -0.15) is 0 Å². The van der Waals surface area contributed by atoms with Crippen molar-refractivity contribution in [2.75, 3.05) is 30.9 Å². The Hall–Kier alpha value is -2.68. The zero-order valence-corrected chi connectivity index (χ0v) is 18.9. The summed E-state index contributed by atoms with van der Waals surface area (Å²) >= 11 is 0. The van der Waals surface area contributed by atoms with Crippen LogP contribution < -0.4 is 9.64 Å². The van der Waals surface area contributed by atoms with Gasteiger partial charge in [0.05, 0.1) is 12.2 Å². The number of aromatic nitrogens is 2. The molecule has 2 aliphatic rings. The minimum Gasteiger partial charge on any atom is -0.474 e. The van der Waals surface area contributed by atoms with Crippen LogP contribution in [0, 0.1) is 0 Å². The predicted octanol–water partition coefficient (Wildman–Crippen LogP) is 3.30. The molecular weight excluding hydrogens is 416 g/mol. The normalized spacial score (nSPS) is 21.5. The third-order valence-electron chi connectivity index (χ3n) is 5.81. The molecule has 2 aromatic rings. The van der Waals surface area contributed by atoms with Gasteiger partial charge in [-0.3, -0.25) is 4.21 Å². The highest BCUT2D eigenvalue weighted by molar-refractivity contribution is 7.84. The summed E-state index contributed by atoms with van der Waals surface area (Å²) in [5.41, 5.74) is 2.01. The molecule has 9 heteroatoms. The molecule has 1 fully saturated rings. The van der Waals surface area contributed by atoms with E-state index in [1.807, 2.05) is 38.1 Å². The van der Waals surface area contributed by atoms with Crippen molar-refractivity contribution in [3.05, 3.63) is 36.2 Å². The molecule has 8 nitrogen and oxygen atoms in total. The maximum absolute atomic E-state index is 12.1. The number of piperidine rings is 1. The summed E-state index contributed by atoms with van der Waals surface area (Å²) in [5.74, 6) is 1.48. The van der Waals surface area contributed by atoms with Crippen LogP contribution in [0.3, 0.4) is 0 Å². The fourth-order valence-electron chi connectivity index (χ4n) is 4.21. The average Bonchev–Trinajstić information content (AvgIpc) is 3.19. The van der Waals surface area contributed by atoms with E-state index >= 15 is 0 Å². The van der Waals surface area contributed by atoms with Gasteiger partial charge < -0.3 is 19.3 Å². The summed E-state index contributed by atoms with van der Waals surface area (Å²) in [6.07, 6.45) is 5.22. The molecule has 0 N–H and O–H groups in total. The van der Waals surface area contributed by atoms with Crippen molar-refractivity contribution in [1.29, 1.82) is 0 Å². The van der Waals surface area contributed by atoms with Gasteiger partial charge in [-0.15, -0.1) is 0 Å². The molecule has 31 heavy (non-hydrogen) atoms. The van der Waals surface area contributed by atoms with E-state index in [9.17, 15) is 9.00 Å². The van der Waals surface area contributed by atoms with Crippen molar-refractivity contribution in [2.24, 2.45) is 0 Å². The molecular formula is C22H28N4O4S. The molecule has 166 valence electrons. The zero-order chi connectivity index (χ0) is 22.0. The second-order valence-electron chi connectivity index (χ2n) is 7.84. The number of fused-ring (bicyclic) bond motifs is 1. The molecule has 3 atom stereocenters. The molecule has 0 spiro atoms. The van der Waals surface area contributed by atoms with Crippen LogP contribution in [0.2, 0.25) is 0 Å². The molecule has 1 amide bonds. The Morgan fingerprint density at radius 1 is 1.23 bits per heavy atom. The van der Waals surface area contributed by atoms with Gasteiger partial charge in [-0.25, -0.2) is 14.8 Å². The highest BCUT2D eigenvalue weighted by atomic mass is 32.2. The molecule has 4 rings (SSSR count). The molecule has 3 heterocycles. The number of likely N-dealkylation sites (tertiary alicyclic amines) is 1. The summed E-state index contributed by atoms with van der Waals surface area (Å²) in [5, 5.41) is 0. The largest absolute Gasteiger partial charge is 0.474 e. The average molecular weight is 445 g/mol. The number of rotatable bonds is 5.